The topological polar surface area (TPSA) is 70.6 Å². The third-order valence-electron chi connectivity index (χ3n) is 3.25. The SMILES string of the molecule is CCC(C)CNCc1ccc(/C(N)=N/O)cc1C. The first-order valence-corrected chi connectivity index (χ1v) is 6.36. The van der Waals surface area contributed by atoms with Gasteiger partial charge in [0.05, 0.1) is 0 Å². The lowest BCUT2D eigenvalue weighted by atomic mass is 10.0. The molecule has 0 aliphatic heterocycles. The molecule has 0 saturated carbocycles. The summed E-state index contributed by atoms with van der Waals surface area (Å²) >= 11 is 0. The van der Waals surface area contributed by atoms with E-state index in [4.69, 9.17) is 10.9 Å². The maximum Gasteiger partial charge on any atom is 0.170 e. The summed E-state index contributed by atoms with van der Waals surface area (Å²) in [6.07, 6.45) is 1.19. The van der Waals surface area contributed by atoms with E-state index < -0.39 is 0 Å². The van der Waals surface area contributed by atoms with Crippen LogP contribution in [0.5, 0.6) is 0 Å². The summed E-state index contributed by atoms with van der Waals surface area (Å²) in [4.78, 5) is 0. The average molecular weight is 249 g/mol. The van der Waals surface area contributed by atoms with Crippen LogP contribution in [0.4, 0.5) is 0 Å². The van der Waals surface area contributed by atoms with Gasteiger partial charge in [-0.1, -0.05) is 37.6 Å². The Bertz CT molecular complexity index is 416. The van der Waals surface area contributed by atoms with Crippen molar-refractivity contribution in [3.05, 3.63) is 34.9 Å². The van der Waals surface area contributed by atoms with Gasteiger partial charge in [0.2, 0.25) is 0 Å². The maximum absolute atomic E-state index is 8.63. The minimum absolute atomic E-state index is 0.150. The van der Waals surface area contributed by atoms with Gasteiger partial charge in [-0.05, 0) is 36.6 Å². The van der Waals surface area contributed by atoms with Crippen molar-refractivity contribution in [1.29, 1.82) is 0 Å². The highest BCUT2D eigenvalue weighted by Gasteiger charge is 2.04. The Morgan fingerprint density at radius 2 is 2.22 bits per heavy atom. The fraction of sp³-hybridized carbons (Fsp3) is 0.500. The van der Waals surface area contributed by atoms with Gasteiger partial charge in [-0.15, -0.1) is 0 Å². The summed E-state index contributed by atoms with van der Waals surface area (Å²) in [6, 6.07) is 5.84. The molecule has 1 atom stereocenters. The van der Waals surface area contributed by atoms with E-state index in [1.165, 1.54) is 12.0 Å². The molecule has 0 spiro atoms. The van der Waals surface area contributed by atoms with Gasteiger partial charge in [0.25, 0.3) is 0 Å². The zero-order chi connectivity index (χ0) is 13.5. The van der Waals surface area contributed by atoms with Gasteiger partial charge in [-0.25, -0.2) is 0 Å². The van der Waals surface area contributed by atoms with E-state index in [2.05, 4.69) is 24.3 Å². The quantitative estimate of drug-likeness (QED) is 0.313. The molecule has 0 radical (unpaired) electrons. The Kier molecular flexibility index (Phi) is 5.65. The Balaban J connectivity index is 2.63. The second kappa shape index (κ2) is 7.01. The highest BCUT2D eigenvalue weighted by atomic mass is 16.4. The number of aryl methyl sites for hydroxylation is 1. The minimum atomic E-state index is 0.150. The Labute approximate surface area is 109 Å². The smallest absolute Gasteiger partial charge is 0.170 e. The maximum atomic E-state index is 8.63. The van der Waals surface area contributed by atoms with Crippen LogP contribution in [0.25, 0.3) is 0 Å². The molecular formula is C14H23N3O. The molecule has 1 aromatic carbocycles. The monoisotopic (exact) mass is 249 g/mol. The number of benzene rings is 1. The standard InChI is InChI=1S/C14H23N3O/c1-4-10(2)8-16-9-13-6-5-12(7-11(13)3)14(15)17-18/h5-7,10,16,18H,4,8-9H2,1-3H3,(H2,15,17). The Hall–Kier alpha value is -1.55. The van der Waals surface area contributed by atoms with Crippen molar-refractivity contribution in [1.82, 2.24) is 5.32 Å². The summed E-state index contributed by atoms with van der Waals surface area (Å²) in [5, 5.41) is 15.1. The van der Waals surface area contributed by atoms with Crippen molar-refractivity contribution in [3.8, 4) is 0 Å². The van der Waals surface area contributed by atoms with E-state index in [-0.39, 0.29) is 5.84 Å². The second-order valence-corrected chi connectivity index (χ2v) is 4.77. The van der Waals surface area contributed by atoms with Crippen LogP contribution in [-0.4, -0.2) is 17.6 Å². The average Bonchev–Trinajstić information content (AvgIpc) is 2.39. The molecule has 4 nitrogen and oxygen atoms in total. The molecule has 0 aliphatic rings. The van der Waals surface area contributed by atoms with Crippen LogP contribution < -0.4 is 11.1 Å². The highest BCUT2D eigenvalue weighted by Crippen LogP contribution is 2.11. The van der Waals surface area contributed by atoms with Crippen molar-refractivity contribution in [2.45, 2.75) is 33.7 Å². The number of nitrogens with one attached hydrogen (secondary N) is 1. The molecule has 18 heavy (non-hydrogen) atoms. The normalized spacial score (nSPS) is 13.6. The van der Waals surface area contributed by atoms with E-state index in [0.29, 0.717) is 5.92 Å². The van der Waals surface area contributed by atoms with Crippen LogP contribution in [0.2, 0.25) is 0 Å². The van der Waals surface area contributed by atoms with E-state index in [1.54, 1.807) is 0 Å². The number of nitrogens with two attached hydrogens (primary N) is 1. The van der Waals surface area contributed by atoms with Gasteiger partial charge >= 0.3 is 0 Å². The Morgan fingerprint density at radius 1 is 1.50 bits per heavy atom. The van der Waals surface area contributed by atoms with Crippen LogP contribution in [-0.2, 0) is 6.54 Å². The van der Waals surface area contributed by atoms with Gasteiger partial charge in [0.15, 0.2) is 5.84 Å². The van der Waals surface area contributed by atoms with Gasteiger partial charge < -0.3 is 16.3 Å². The van der Waals surface area contributed by atoms with E-state index in [1.807, 2.05) is 25.1 Å². The van der Waals surface area contributed by atoms with E-state index in [0.717, 1.165) is 24.2 Å². The number of nitrogens with zero attached hydrogens (tertiary/aromatic N) is 1. The second-order valence-electron chi connectivity index (χ2n) is 4.77. The number of rotatable bonds is 6. The fourth-order valence-electron chi connectivity index (χ4n) is 1.71. The van der Waals surface area contributed by atoms with Crippen LogP contribution in [0.15, 0.2) is 23.4 Å². The number of hydrogen-bond acceptors (Lipinski definition) is 3. The summed E-state index contributed by atoms with van der Waals surface area (Å²) in [5.41, 5.74) is 8.70. The van der Waals surface area contributed by atoms with E-state index >= 15 is 0 Å². The lowest BCUT2D eigenvalue weighted by molar-refractivity contribution is 0.318. The predicted octanol–water partition coefficient (Wildman–Crippen LogP) is 2.23. The van der Waals surface area contributed by atoms with Crippen molar-refractivity contribution >= 4 is 5.84 Å². The van der Waals surface area contributed by atoms with Crippen LogP contribution in [0, 0.1) is 12.8 Å². The molecule has 100 valence electrons. The van der Waals surface area contributed by atoms with Crippen LogP contribution >= 0.6 is 0 Å². The van der Waals surface area contributed by atoms with Crippen molar-refractivity contribution in [2.24, 2.45) is 16.8 Å². The largest absolute Gasteiger partial charge is 0.409 e. The molecular weight excluding hydrogens is 226 g/mol. The molecule has 0 amide bonds. The van der Waals surface area contributed by atoms with Gasteiger partial charge in [-0.2, -0.15) is 0 Å². The van der Waals surface area contributed by atoms with Crippen LogP contribution in [0.3, 0.4) is 0 Å². The molecule has 0 heterocycles. The minimum Gasteiger partial charge on any atom is -0.409 e. The third-order valence-corrected chi connectivity index (χ3v) is 3.25. The van der Waals surface area contributed by atoms with Gasteiger partial charge in [0, 0.05) is 12.1 Å². The van der Waals surface area contributed by atoms with Gasteiger partial charge in [0.1, 0.15) is 0 Å². The third kappa shape index (κ3) is 4.04. The lowest BCUT2D eigenvalue weighted by Crippen LogP contribution is -2.21. The highest BCUT2D eigenvalue weighted by molar-refractivity contribution is 5.97. The molecule has 1 unspecified atom stereocenters. The summed E-state index contributed by atoms with van der Waals surface area (Å²) in [6.45, 7) is 8.35. The zero-order valence-electron chi connectivity index (χ0n) is 11.4. The summed E-state index contributed by atoms with van der Waals surface area (Å²) in [5.74, 6) is 0.846. The van der Waals surface area contributed by atoms with Crippen molar-refractivity contribution in [3.63, 3.8) is 0 Å². The number of oxime groups is 1. The zero-order valence-corrected chi connectivity index (χ0v) is 11.4. The van der Waals surface area contributed by atoms with Crippen LogP contribution in [0.1, 0.15) is 37.0 Å². The predicted molar refractivity (Wildman–Crippen MR) is 74.9 cm³/mol. The molecule has 0 aliphatic carbocycles. The number of amidine groups is 1. The molecule has 1 rings (SSSR count). The molecule has 1 aromatic rings. The number of hydrogen-bond donors (Lipinski definition) is 3. The molecule has 0 saturated heterocycles. The molecule has 4 N–H and O–H groups in total. The fourth-order valence-corrected chi connectivity index (χ4v) is 1.71. The first-order chi connectivity index (χ1) is 8.58. The summed E-state index contributed by atoms with van der Waals surface area (Å²) in [7, 11) is 0. The molecule has 4 heteroatoms. The summed E-state index contributed by atoms with van der Waals surface area (Å²) < 4.78 is 0. The molecule has 0 bridgehead atoms. The molecule has 0 fully saturated rings. The van der Waals surface area contributed by atoms with E-state index in [9.17, 15) is 0 Å². The first kappa shape index (κ1) is 14.5. The lowest BCUT2D eigenvalue weighted by Gasteiger charge is -2.12. The first-order valence-electron chi connectivity index (χ1n) is 6.36. The van der Waals surface area contributed by atoms with Crippen molar-refractivity contribution in [2.75, 3.05) is 6.54 Å². The molecule has 0 aromatic heterocycles. The van der Waals surface area contributed by atoms with Crippen molar-refractivity contribution < 1.29 is 5.21 Å². The van der Waals surface area contributed by atoms with Gasteiger partial charge in [-0.3, -0.25) is 0 Å². The Morgan fingerprint density at radius 3 is 2.78 bits per heavy atom.